The molecule has 0 spiro atoms. The van der Waals surface area contributed by atoms with Gasteiger partial charge in [0, 0.05) is 18.2 Å². The number of allylic oxidation sites excluding steroid dienone is 1. The van der Waals surface area contributed by atoms with Crippen LogP contribution >= 0.6 is 15.9 Å². The zero-order chi connectivity index (χ0) is 19.7. The number of aromatic nitrogens is 4. The van der Waals surface area contributed by atoms with E-state index in [0.717, 1.165) is 10.2 Å². The summed E-state index contributed by atoms with van der Waals surface area (Å²) in [5, 5.41) is 7.66. The molecule has 0 aliphatic heterocycles. The summed E-state index contributed by atoms with van der Waals surface area (Å²) >= 11 is 3.18. The summed E-state index contributed by atoms with van der Waals surface area (Å²) in [6, 6.07) is 10.0. The van der Waals surface area contributed by atoms with Crippen molar-refractivity contribution in [3.63, 3.8) is 0 Å². The molecule has 3 aromatic rings. The molecule has 9 heteroatoms. The van der Waals surface area contributed by atoms with Gasteiger partial charge in [0.25, 0.3) is 0 Å². The van der Waals surface area contributed by atoms with Gasteiger partial charge in [0.1, 0.15) is 5.82 Å². The molecule has 3 rings (SSSR count). The Kier molecular flexibility index (Phi) is 5.24. The van der Waals surface area contributed by atoms with E-state index in [2.05, 4.69) is 26.4 Å². The van der Waals surface area contributed by atoms with Crippen LogP contribution in [0.25, 0.3) is 17.0 Å². The van der Waals surface area contributed by atoms with Gasteiger partial charge in [-0.15, -0.1) is 0 Å². The van der Waals surface area contributed by atoms with Gasteiger partial charge in [-0.25, -0.2) is 9.18 Å². The highest BCUT2D eigenvalue weighted by molar-refractivity contribution is 9.10. The van der Waals surface area contributed by atoms with E-state index in [0.29, 0.717) is 32.6 Å². The number of aryl methyl sites for hydroxylation is 2. The minimum absolute atomic E-state index is 0.325. The second-order valence-electron chi connectivity index (χ2n) is 5.97. The fourth-order valence-corrected chi connectivity index (χ4v) is 3.16. The summed E-state index contributed by atoms with van der Waals surface area (Å²) < 4.78 is 16.2. The first-order chi connectivity index (χ1) is 12.8. The van der Waals surface area contributed by atoms with Crippen molar-refractivity contribution in [1.29, 1.82) is 0 Å². The van der Waals surface area contributed by atoms with Crippen LogP contribution in [0.1, 0.15) is 23.6 Å². The van der Waals surface area contributed by atoms with E-state index >= 15 is 0 Å². The Hall–Kier alpha value is -2.78. The number of nitrogens with two attached hydrogens (primary N) is 1. The molecule has 2 aromatic carbocycles. The molecule has 0 saturated heterocycles. The SMILES string of the molecule is C/C(=C(\ON)c1c(C)cccc1-n1nnn(C)c1=O)c1ccc(F)c(Br)c1. The molecule has 0 unspecified atom stereocenters. The minimum atomic E-state index is -0.402. The van der Waals surface area contributed by atoms with Crippen molar-refractivity contribution >= 4 is 27.3 Å². The average molecular weight is 434 g/mol. The highest BCUT2D eigenvalue weighted by Gasteiger charge is 2.20. The number of benzene rings is 2. The molecule has 0 fully saturated rings. The lowest BCUT2D eigenvalue weighted by molar-refractivity contribution is 0.291. The first kappa shape index (κ1) is 19.0. The smallest absolute Gasteiger partial charge is 0.368 e. The summed E-state index contributed by atoms with van der Waals surface area (Å²) in [6.45, 7) is 3.67. The molecule has 0 amide bonds. The third-order valence-corrected chi connectivity index (χ3v) is 4.85. The lowest BCUT2D eigenvalue weighted by Crippen LogP contribution is -2.23. The second kappa shape index (κ2) is 7.45. The van der Waals surface area contributed by atoms with Crippen LogP contribution in [-0.2, 0) is 11.9 Å². The van der Waals surface area contributed by atoms with Gasteiger partial charge in [0.2, 0.25) is 0 Å². The third kappa shape index (κ3) is 3.43. The van der Waals surface area contributed by atoms with Gasteiger partial charge in [-0.3, -0.25) is 0 Å². The van der Waals surface area contributed by atoms with E-state index in [1.165, 1.54) is 17.8 Å². The Morgan fingerprint density at radius 3 is 2.59 bits per heavy atom. The van der Waals surface area contributed by atoms with Crippen molar-refractivity contribution in [2.24, 2.45) is 12.9 Å². The van der Waals surface area contributed by atoms with E-state index in [1.54, 1.807) is 31.2 Å². The summed E-state index contributed by atoms with van der Waals surface area (Å²) in [4.78, 5) is 17.5. The van der Waals surface area contributed by atoms with Gasteiger partial charge < -0.3 is 4.84 Å². The van der Waals surface area contributed by atoms with Crippen molar-refractivity contribution in [2.75, 3.05) is 0 Å². The predicted octanol–water partition coefficient (Wildman–Crippen LogP) is 2.95. The fourth-order valence-electron chi connectivity index (χ4n) is 2.78. The first-order valence-corrected chi connectivity index (χ1v) is 8.76. The molecule has 0 saturated carbocycles. The molecule has 2 N–H and O–H groups in total. The van der Waals surface area contributed by atoms with Crippen molar-refractivity contribution in [1.82, 2.24) is 19.8 Å². The molecule has 1 heterocycles. The van der Waals surface area contributed by atoms with Crippen LogP contribution in [0.5, 0.6) is 0 Å². The third-order valence-electron chi connectivity index (χ3n) is 4.24. The maximum atomic E-state index is 13.6. The summed E-state index contributed by atoms with van der Waals surface area (Å²) in [7, 11) is 1.51. The van der Waals surface area contributed by atoms with Crippen LogP contribution in [-0.4, -0.2) is 19.8 Å². The van der Waals surface area contributed by atoms with Crippen LogP contribution in [0.4, 0.5) is 4.39 Å². The first-order valence-electron chi connectivity index (χ1n) is 7.97. The standard InChI is InChI=1S/C18H17BrFN5O2/c1-10-5-4-6-15(25-18(26)24(3)22-23-25)16(10)17(27-21)11(2)12-7-8-14(20)13(19)9-12/h4-9H,21H2,1-3H3/b17-11+. The zero-order valence-electron chi connectivity index (χ0n) is 14.9. The molecule has 27 heavy (non-hydrogen) atoms. The van der Waals surface area contributed by atoms with Gasteiger partial charge >= 0.3 is 5.69 Å². The van der Waals surface area contributed by atoms with Crippen LogP contribution in [0, 0.1) is 12.7 Å². The van der Waals surface area contributed by atoms with Crippen LogP contribution in [0.15, 0.2) is 45.7 Å². The highest BCUT2D eigenvalue weighted by atomic mass is 79.9. The molecule has 1 aromatic heterocycles. The summed E-state index contributed by atoms with van der Waals surface area (Å²) in [6.07, 6.45) is 0. The molecule has 7 nitrogen and oxygen atoms in total. The Bertz CT molecular complexity index is 1100. The quantitative estimate of drug-likeness (QED) is 0.388. The molecule has 0 aliphatic rings. The fraction of sp³-hybridized carbons (Fsp3) is 0.167. The number of hydrogen-bond acceptors (Lipinski definition) is 5. The number of tetrazole rings is 1. The minimum Gasteiger partial charge on any atom is -0.410 e. The van der Waals surface area contributed by atoms with E-state index in [1.807, 2.05) is 13.0 Å². The van der Waals surface area contributed by atoms with E-state index in [-0.39, 0.29) is 5.82 Å². The van der Waals surface area contributed by atoms with Crippen molar-refractivity contribution in [3.8, 4) is 5.69 Å². The normalized spacial score (nSPS) is 12.1. The highest BCUT2D eigenvalue weighted by Crippen LogP contribution is 2.33. The topological polar surface area (TPSA) is 88.0 Å². The van der Waals surface area contributed by atoms with Gasteiger partial charge in [0.15, 0.2) is 5.76 Å². The number of rotatable bonds is 4. The van der Waals surface area contributed by atoms with Gasteiger partial charge in [0.05, 0.1) is 10.2 Å². The van der Waals surface area contributed by atoms with E-state index in [4.69, 9.17) is 10.7 Å². The molecular formula is C18H17BrFN5O2. The Balaban J connectivity index is 2.28. The van der Waals surface area contributed by atoms with E-state index < -0.39 is 5.69 Å². The molecule has 0 bridgehead atoms. The largest absolute Gasteiger partial charge is 0.410 e. The number of halogens is 2. The Morgan fingerprint density at radius 2 is 2.00 bits per heavy atom. The lowest BCUT2D eigenvalue weighted by Gasteiger charge is -2.16. The number of hydrogen-bond donors (Lipinski definition) is 1. The molecule has 0 radical (unpaired) electrons. The van der Waals surface area contributed by atoms with Crippen molar-refractivity contribution in [2.45, 2.75) is 13.8 Å². The maximum Gasteiger partial charge on any atom is 0.368 e. The summed E-state index contributed by atoms with van der Waals surface area (Å²) in [5.74, 6) is 5.57. The monoisotopic (exact) mass is 433 g/mol. The van der Waals surface area contributed by atoms with Crippen LogP contribution in [0.3, 0.4) is 0 Å². The zero-order valence-corrected chi connectivity index (χ0v) is 16.5. The van der Waals surface area contributed by atoms with Gasteiger partial charge in [-0.05, 0) is 69.5 Å². The van der Waals surface area contributed by atoms with E-state index in [9.17, 15) is 9.18 Å². The van der Waals surface area contributed by atoms with Crippen LogP contribution < -0.4 is 11.6 Å². The van der Waals surface area contributed by atoms with Gasteiger partial charge in [-0.2, -0.15) is 15.3 Å². The average Bonchev–Trinajstić information content (AvgIpc) is 2.98. The Labute approximate surface area is 162 Å². The second-order valence-corrected chi connectivity index (χ2v) is 6.82. The number of nitrogens with zero attached hydrogens (tertiary/aromatic N) is 4. The lowest BCUT2D eigenvalue weighted by atomic mass is 9.98. The van der Waals surface area contributed by atoms with Crippen molar-refractivity contribution in [3.05, 3.63) is 73.9 Å². The molecule has 0 aliphatic carbocycles. The maximum absolute atomic E-state index is 13.6. The molecule has 0 atom stereocenters. The molecular weight excluding hydrogens is 417 g/mol. The Morgan fingerprint density at radius 1 is 1.26 bits per heavy atom. The molecule has 140 valence electrons. The van der Waals surface area contributed by atoms with Gasteiger partial charge in [-0.1, -0.05) is 18.2 Å². The van der Waals surface area contributed by atoms with Crippen molar-refractivity contribution < 1.29 is 9.23 Å². The predicted molar refractivity (Wildman–Crippen MR) is 103 cm³/mol. The van der Waals surface area contributed by atoms with Crippen LogP contribution in [0.2, 0.25) is 0 Å². The summed E-state index contributed by atoms with van der Waals surface area (Å²) in [5.41, 5.74) is 2.89.